The molecular weight excluding hydrogens is 200 g/mol. The molecule has 16 heavy (non-hydrogen) atoms. The molecule has 4 aliphatic heterocycles. The van der Waals surface area contributed by atoms with Gasteiger partial charge in [0.1, 0.15) is 0 Å². The van der Waals surface area contributed by atoms with E-state index in [0.717, 1.165) is 18.1 Å². The van der Waals surface area contributed by atoms with Crippen molar-refractivity contribution in [2.45, 2.75) is 81.3 Å². The first kappa shape index (κ1) is 9.86. The van der Waals surface area contributed by atoms with Gasteiger partial charge in [-0.1, -0.05) is 0 Å². The van der Waals surface area contributed by atoms with E-state index in [1.165, 1.54) is 44.9 Å². The molecule has 4 aliphatic rings. The van der Waals surface area contributed by atoms with Crippen LogP contribution in [0.25, 0.3) is 0 Å². The van der Waals surface area contributed by atoms with E-state index in [0.29, 0.717) is 18.2 Å². The van der Waals surface area contributed by atoms with Gasteiger partial charge in [0, 0.05) is 24.2 Å². The van der Waals surface area contributed by atoms with E-state index in [9.17, 15) is 0 Å². The van der Waals surface area contributed by atoms with Gasteiger partial charge in [0.25, 0.3) is 0 Å². The van der Waals surface area contributed by atoms with Crippen molar-refractivity contribution in [3.05, 3.63) is 0 Å². The Labute approximate surface area is 97.3 Å². The van der Waals surface area contributed by atoms with Gasteiger partial charge in [-0.3, -0.25) is 4.90 Å². The lowest BCUT2D eigenvalue weighted by Gasteiger charge is -2.43. The third-order valence-electron chi connectivity index (χ3n) is 5.28. The Kier molecular flexibility index (Phi) is 2.12. The molecule has 4 bridgehead atoms. The van der Waals surface area contributed by atoms with E-state index in [-0.39, 0.29) is 0 Å². The molecule has 4 heterocycles. The molecular formula is C13H22N2O. The molecule has 3 nitrogen and oxygen atoms in total. The Hall–Kier alpha value is -0.120. The Morgan fingerprint density at radius 2 is 1.69 bits per heavy atom. The Balaban J connectivity index is 1.56. The zero-order valence-electron chi connectivity index (χ0n) is 9.85. The number of hydrogen-bond donors (Lipinski definition) is 1. The summed E-state index contributed by atoms with van der Waals surface area (Å²) >= 11 is 0. The van der Waals surface area contributed by atoms with Gasteiger partial charge in [-0.25, -0.2) is 0 Å². The summed E-state index contributed by atoms with van der Waals surface area (Å²) in [4.78, 5) is 2.81. The molecule has 5 atom stereocenters. The first-order valence-electron chi connectivity index (χ1n) is 7.00. The van der Waals surface area contributed by atoms with Crippen LogP contribution in [0.3, 0.4) is 0 Å². The van der Waals surface area contributed by atoms with Crippen LogP contribution in [0.1, 0.15) is 44.9 Å². The maximum Gasteiger partial charge on any atom is 0.0736 e. The zero-order valence-corrected chi connectivity index (χ0v) is 9.85. The molecule has 0 aromatic heterocycles. The van der Waals surface area contributed by atoms with E-state index in [1.807, 2.05) is 0 Å². The lowest BCUT2D eigenvalue weighted by Crippen LogP contribution is -2.54. The highest BCUT2D eigenvalue weighted by molar-refractivity contribution is 5.05. The molecule has 2 N–H and O–H groups in total. The summed E-state index contributed by atoms with van der Waals surface area (Å²) < 4.78 is 6.02. The zero-order chi connectivity index (χ0) is 10.7. The summed E-state index contributed by atoms with van der Waals surface area (Å²) in [6, 6.07) is 2.76. The van der Waals surface area contributed by atoms with Crippen molar-refractivity contribution in [2.24, 2.45) is 5.73 Å². The highest BCUT2D eigenvalue weighted by Gasteiger charge is 2.50. The van der Waals surface area contributed by atoms with Crippen molar-refractivity contribution in [1.29, 1.82) is 0 Å². The second kappa shape index (κ2) is 3.44. The van der Waals surface area contributed by atoms with Crippen LogP contribution in [-0.4, -0.2) is 41.3 Å². The minimum atomic E-state index is 0.466. The maximum atomic E-state index is 6.13. The molecule has 0 saturated carbocycles. The minimum absolute atomic E-state index is 0.466. The van der Waals surface area contributed by atoms with Crippen LogP contribution in [0.15, 0.2) is 0 Å². The number of ether oxygens (including phenoxy) is 1. The Morgan fingerprint density at radius 1 is 0.938 bits per heavy atom. The van der Waals surface area contributed by atoms with E-state index in [4.69, 9.17) is 10.5 Å². The lowest BCUT2D eigenvalue weighted by molar-refractivity contribution is 0.0275. The summed E-state index contributed by atoms with van der Waals surface area (Å²) in [5.41, 5.74) is 6.13. The SMILES string of the molecule is NC1CC2CCC(C1)N2C1CC2CCC1O2. The molecule has 4 saturated heterocycles. The lowest BCUT2D eigenvalue weighted by atomic mass is 9.89. The normalized spacial score (nSPS) is 56.1. The summed E-state index contributed by atoms with van der Waals surface area (Å²) in [5, 5.41) is 0. The van der Waals surface area contributed by atoms with Crippen LogP contribution in [0.2, 0.25) is 0 Å². The minimum Gasteiger partial charge on any atom is -0.373 e. The fourth-order valence-corrected chi connectivity index (χ4v) is 4.72. The van der Waals surface area contributed by atoms with E-state index >= 15 is 0 Å². The average Bonchev–Trinajstić information content (AvgIpc) is 2.91. The molecule has 4 rings (SSSR count). The largest absolute Gasteiger partial charge is 0.373 e. The quantitative estimate of drug-likeness (QED) is 0.726. The number of nitrogens with two attached hydrogens (primary N) is 1. The summed E-state index contributed by atoms with van der Waals surface area (Å²) in [5.74, 6) is 0. The summed E-state index contributed by atoms with van der Waals surface area (Å²) in [6.07, 6.45) is 10.3. The fourth-order valence-electron chi connectivity index (χ4n) is 4.72. The van der Waals surface area contributed by atoms with Gasteiger partial charge in [0.05, 0.1) is 12.2 Å². The predicted octanol–water partition coefficient (Wildman–Crippen LogP) is 1.26. The Bertz CT molecular complexity index is 282. The highest BCUT2D eigenvalue weighted by atomic mass is 16.5. The van der Waals surface area contributed by atoms with Gasteiger partial charge in [-0.05, 0) is 44.9 Å². The van der Waals surface area contributed by atoms with Crippen molar-refractivity contribution in [3.63, 3.8) is 0 Å². The van der Waals surface area contributed by atoms with Gasteiger partial charge >= 0.3 is 0 Å². The Morgan fingerprint density at radius 3 is 2.25 bits per heavy atom. The number of hydrogen-bond acceptors (Lipinski definition) is 3. The van der Waals surface area contributed by atoms with Crippen LogP contribution in [0.5, 0.6) is 0 Å². The van der Waals surface area contributed by atoms with Gasteiger partial charge in [-0.15, -0.1) is 0 Å². The summed E-state index contributed by atoms with van der Waals surface area (Å²) in [6.45, 7) is 0. The van der Waals surface area contributed by atoms with E-state index < -0.39 is 0 Å². The molecule has 0 aromatic rings. The van der Waals surface area contributed by atoms with Crippen LogP contribution < -0.4 is 5.73 Å². The summed E-state index contributed by atoms with van der Waals surface area (Å²) in [7, 11) is 0. The topological polar surface area (TPSA) is 38.5 Å². The molecule has 0 amide bonds. The third-order valence-corrected chi connectivity index (χ3v) is 5.28. The molecule has 5 unspecified atom stereocenters. The third kappa shape index (κ3) is 1.31. The second-order valence-corrected chi connectivity index (χ2v) is 6.24. The molecule has 0 radical (unpaired) electrons. The van der Waals surface area contributed by atoms with Crippen molar-refractivity contribution in [3.8, 4) is 0 Å². The first-order valence-corrected chi connectivity index (χ1v) is 7.00. The molecule has 4 fully saturated rings. The standard InChI is InChI=1S/C13H22N2O/c14-8-5-9-1-2-10(6-8)15(9)12-7-11-3-4-13(12)16-11/h8-13H,1-7,14H2. The van der Waals surface area contributed by atoms with Gasteiger partial charge in [-0.2, -0.15) is 0 Å². The van der Waals surface area contributed by atoms with Crippen molar-refractivity contribution >= 4 is 0 Å². The second-order valence-electron chi connectivity index (χ2n) is 6.24. The predicted molar refractivity (Wildman–Crippen MR) is 62.2 cm³/mol. The van der Waals surface area contributed by atoms with Crippen LogP contribution in [-0.2, 0) is 4.74 Å². The number of fused-ring (bicyclic) bond motifs is 4. The monoisotopic (exact) mass is 222 g/mol. The van der Waals surface area contributed by atoms with Crippen molar-refractivity contribution in [1.82, 2.24) is 4.90 Å². The van der Waals surface area contributed by atoms with Crippen LogP contribution in [0.4, 0.5) is 0 Å². The van der Waals surface area contributed by atoms with E-state index in [2.05, 4.69) is 4.90 Å². The van der Waals surface area contributed by atoms with Gasteiger partial charge in [0.15, 0.2) is 0 Å². The van der Waals surface area contributed by atoms with Crippen LogP contribution >= 0.6 is 0 Å². The fraction of sp³-hybridized carbons (Fsp3) is 1.00. The molecule has 90 valence electrons. The number of rotatable bonds is 1. The van der Waals surface area contributed by atoms with Crippen molar-refractivity contribution in [2.75, 3.05) is 0 Å². The molecule has 0 aromatic carbocycles. The number of piperidine rings is 1. The maximum absolute atomic E-state index is 6.13. The van der Waals surface area contributed by atoms with Crippen LogP contribution in [0, 0.1) is 0 Å². The first-order chi connectivity index (χ1) is 7.81. The van der Waals surface area contributed by atoms with Gasteiger partial charge < -0.3 is 10.5 Å². The number of nitrogens with zero attached hydrogens (tertiary/aromatic N) is 1. The smallest absolute Gasteiger partial charge is 0.0736 e. The molecule has 0 aliphatic carbocycles. The molecule has 3 heteroatoms. The van der Waals surface area contributed by atoms with Gasteiger partial charge in [0.2, 0.25) is 0 Å². The average molecular weight is 222 g/mol. The van der Waals surface area contributed by atoms with Crippen molar-refractivity contribution < 1.29 is 4.74 Å². The molecule has 0 spiro atoms. The van der Waals surface area contributed by atoms with E-state index in [1.54, 1.807) is 0 Å². The highest BCUT2D eigenvalue weighted by Crippen LogP contribution is 2.44.